The van der Waals surface area contributed by atoms with E-state index in [-0.39, 0.29) is 0 Å². The molecule has 0 radical (unpaired) electrons. The fourth-order valence-electron chi connectivity index (χ4n) is 3.60. The number of hydrogen-bond acceptors (Lipinski definition) is 3. The van der Waals surface area contributed by atoms with E-state index in [0.29, 0.717) is 4.88 Å². The summed E-state index contributed by atoms with van der Waals surface area (Å²) >= 11 is 1.38. The molecule has 0 aromatic carbocycles. The zero-order valence-electron chi connectivity index (χ0n) is 10.4. The Labute approximate surface area is 111 Å². The summed E-state index contributed by atoms with van der Waals surface area (Å²) in [5.41, 5.74) is 0. The van der Waals surface area contributed by atoms with Crippen LogP contribution in [0, 0.1) is 17.8 Å². The summed E-state index contributed by atoms with van der Waals surface area (Å²) in [6.07, 6.45) is 5.74. The molecule has 0 spiro atoms. The van der Waals surface area contributed by atoms with Gasteiger partial charge in [-0.2, -0.15) is 0 Å². The average molecular weight is 265 g/mol. The van der Waals surface area contributed by atoms with E-state index in [1.807, 2.05) is 6.07 Å². The molecule has 2 saturated carbocycles. The standard InChI is InChI=1S/C14H19NO2S/c16-14(17)13-4-3-12(18-13)8-15-7-11-6-9-1-2-10(11)5-9/h3-4,9-11,15H,1-2,5-8H2,(H,16,17). The third-order valence-corrected chi connectivity index (χ3v) is 5.54. The van der Waals surface area contributed by atoms with Crippen molar-refractivity contribution in [3.8, 4) is 0 Å². The van der Waals surface area contributed by atoms with E-state index in [1.165, 1.54) is 37.0 Å². The van der Waals surface area contributed by atoms with Gasteiger partial charge in [-0.05, 0) is 55.7 Å². The first-order valence-electron chi connectivity index (χ1n) is 6.75. The number of nitrogens with one attached hydrogen (secondary N) is 1. The Morgan fingerprint density at radius 2 is 2.28 bits per heavy atom. The maximum atomic E-state index is 10.8. The third kappa shape index (κ3) is 2.45. The largest absolute Gasteiger partial charge is 0.477 e. The molecular weight excluding hydrogens is 246 g/mol. The van der Waals surface area contributed by atoms with Crippen LogP contribution >= 0.6 is 11.3 Å². The Kier molecular flexibility index (Phi) is 3.39. The molecule has 0 saturated heterocycles. The van der Waals surface area contributed by atoms with Crippen LogP contribution in [0.25, 0.3) is 0 Å². The van der Waals surface area contributed by atoms with Crippen LogP contribution in [-0.2, 0) is 6.54 Å². The molecule has 2 aliphatic carbocycles. The van der Waals surface area contributed by atoms with E-state index in [2.05, 4.69) is 5.32 Å². The van der Waals surface area contributed by atoms with Crippen molar-refractivity contribution in [2.45, 2.75) is 32.2 Å². The Morgan fingerprint density at radius 1 is 1.39 bits per heavy atom. The lowest BCUT2D eigenvalue weighted by atomic mass is 9.89. The number of carboxylic acids is 1. The highest BCUT2D eigenvalue weighted by Crippen LogP contribution is 2.47. The minimum absolute atomic E-state index is 0.437. The molecule has 2 fully saturated rings. The topological polar surface area (TPSA) is 49.3 Å². The van der Waals surface area contributed by atoms with Crippen LogP contribution < -0.4 is 5.32 Å². The Morgan fingerprint density at radius 3 is 2.89 bits per heavy atom. The predicted molar refractivity (Wildman–Crippen MR) is 71.9 cm³/mol. The second kappa shape index (κ2) is 5.02. The van der Waals surface area contributed by atoms with Gasteiger partial charge in [-0.25, -0.2) is 4.79 Å². The first kappa shape index (κ1) is 12.2. The molecule has 0 aliphatic heterocycles. The van der Waals surface area contributed by atoms with E-state index in [1.54, 1.807) is 6.07 Å². The van der Waals surface area contributed by atoms with E-state index < -0.39 is 5.97 Å². The summed E-state index contributed by atoms with van der Waals surface area (Å²) in [5.74, 6) is 2.00. The molecule has 3 atom stereocenters. The highest BCUT2D eigenvalue weighted by Gasteiger charge is 2.38. The average Bonchev–Trinajstić information content (AvgIpc) is 3.03. The number of rotatable bonds is 5. The molecule has 1 heterocycles. The minimum atomic E-state index is -0.820. The van der Waals surface area contributed by atoms with Crippen molar-refractivity contribution < 1.29 is 9.90 Å². The molecule has 2 bridgehead atoms. The molecule has 2 aliphatic rings. The summed E-state index contributed by atoms with van der Waals surface area (Å²) in [6, 6.07) is 3.61. The lowest BCUT2D eigenvalue weighted by Gasteiger charge is -2.21. The Bertz CT molecular complexity index is 443. The van der Waals surface area contributed by atoms with Gasteiger partial charge in [0.25, 0.3) is 0 Å². The van der Waals surface area contributed by atoms with E-state index in [0.717, 1.165) is 35.7 Å². The van der Waals surface area contributed by atoms with Gasteiger partial charge in [0.05, 0.1) is 0 Å². The summed E-state index contributed by atoms with van der Waals surface area (Å²) in [5, 5.41) is 12.4. The number of aromatic carboxylic acids is 1. The quantitative estimate of drug-likeness (QED) is 0.860. The predicted octanol–water partition coefficient (Wildman–Crippen LogP) is 2.97. The minimum Gasteiger partial charge on any atom is -0.477 e. The molecule has 3 nitrogen and oxygen atoms in total. The summed E-state index contributed by atoms with van der Waals surface area (Å²) in [7, 11) is 0. The van der Waals surface area contributed by atoms with Crippen LogP contribution in [0.5, 0.6) is 0 Å². The van der Waals surface area contributed by atoms with Gasteiger partial charge in [-0.1, -0.05) is 6.42 Å². The van der Waals surface area contributed by atoms with Gasteiger partial charge in [0.1, 0.15) is 4.88 Å². The summed E-state index contributed by atoms with van der Waals surface area (Å²) in [4.78, 5) is 12.3. The van der Waals surface area contributed by atoms with Crippen LogP contribution in [0.4, 0.5) is 0 Å². The molecule has 2 N–H and O–H groups in total. The summed E-state index contributed by atoms with van der Waals surface area (Å²) in [6.45, 7) is 1.91. The van der Waals surface area contributed by atoms with Crippen molar-refractivity contribution >= 4 is 17.3 Å². The third-order valence-electron chi connectivity index (χ3n) is 4.46. The maximum Gasteiger partial charge on any atom is 0.345 e. The first-order chi connectivity index (χ1) is 8.72. The zero-order valence-corrected chi connectivity index (χ0v) is 11.2. The van der Waals surface area contributed by atoms with Gasteiger partial charge in [-0.3, -0.25) is 0 Å². The maximum absolute atomic E-state index is 10.8. The Hall–Kier alpha value is -0.870. The van der Waals surface area contributed by atoms with Crippen molar-refractivity contribution in [1.29, 1.82) is 0 Å². The molecule has 3 rings (SSSR count). The molecule has 18 heavy (non-hydrogen) atoms. The lowest BCUT2D eigenvalue weighted by Crippen LogP contribution is -2.25. The van der Waals surface area contributed by atoms with Crippen molar-refractivity contribution in [3.63, 3.8) is 0 Å². The van der Waals surface area contributed by atoms with Gasteiger partial charge in [0.15, 0.2) is 0 Å². The van der Waals surface area contributed by atoms with Crippen molar-refractivity contribution in [2.75, 3.05) is 6.54 Å². The molecular formula is C14H19NO2S. The van der Waals surface area contributed by atoms with Crippen molar-refractivity contribution in [3.05, 3.63) is 21.9 Å². The summed E-state index contributed by atoms with van der Waals surface area (Å²) < 4.78 is 0. The van der Waals surface area contributed by atoms with E-state index >= 15 is 0 Å². The van der Waals surface area contributed by atoms with Crippen LogP contribution in [0.2, 0.25) is 0 Å². The molecule has 4 heteroatoms. The van der Waals surface area contributed by atoms with Crippen LogP contribution in [-0.4, -0.2) is 17.6 Å². The molecule has 0 amide bonds. The smallest absolute Gasteiger partial charge is 0.345 e. The Balaban J connectivity index is 1.45. The van der Waals surface area contributed by atoms with Crippen LogP contribution in [0.1, 0.15) is 40.2 Å². The van der Waals surface area contributed by atoms with Crippen molar-refractivity contribution in [2.24, 2.45) is 17.8 Å². The highest BCUT2D eigenvalue weighted by atomic mass is 32.1. The second-order valence-electron chi connectivity index (χ2n) is 5.64. The number of carboxylic acid groups (broad SMARTS) is 1. The van der Waals surface area contributed by atoms with Gasteiger partial charge in [0.2, 0.25) is 0 Å². The lowest BCUT2D eigenvalue weighted by molar-refractivity contribution is 0.0702. The van der Waals surface area contributed by atoms with Crippen LogP contribution in [0.15, 0.2) is 12.1 Å². The molecule has 3 unspecified atom stereocenters. The number of thiophene rings is 1. The van der Waals surface area contributed by atoms with Gasteiger partial charge in [-0.15, -0.1) is 11.3 Å². The molecule has 1 aromatic heterocycles. The number of hydrogen-bond donors (Lipinski definition) is 2. The van der Waals surface area contributed by atoms with Crippen molar-refractivity contribution in [1.82, 2.24) is 5.32 Å². The van der Waals surface area contributed by atoms with E-state index in [9.17, 15) is 4.79 Å². The van der Waals surface area contributed by atoms with Gasteiger partial charge in [0, 0.05) is 11.4 Å². The number of carbonyl (C=O) groups is 1. The van der Waals surface area contributed by atoms with Gasteiger partial charge >= 0.3 is 5.97 Å². The monoisotopic (exact) mass is 265 g/mol. The van der Waals surface area contributed by atoms with E-state index in [4.69, 9.17) is 5.11 Å². The highest BCUT2D eigenvalue weighted by molar-refractivity contribution is 7.13. The fourth-order valence-corrected chi connectivity index (χ4v) is 4.41. The molecule has 1 aromatic rings. The normalized spacial score (nSPS) is 29.9. The zero-order chi connectivity index (χ0) is 12.5. The van der Waals surface area contributed by atoms with Crippen LogP contribution in [0.3, 0.4) is 0 Å². The second-order valence-corrected chi connectivity index (χ2v) is 6.81. The van der Waals surface area contributed by atoms with Gasteiger partial charge < -0.3 is 10.4 Å². The fraction of sp³-hybridized carbons (Fsp3) is 0.643. The SMILES string of the molecule is O=C(O)c1ccc(CNCC2CC3CCC2C3)s1. The first-order valence-corrected chi connectivity index (χ1v) is 7.56. The molecule has 98 valence electrons. The number of fused-ring (bicyclic) bond motifs is 2.